The van der Waals surface area contributed by atoms with Crippen molar-refractivity contribution < 1.29 is 9.59 Å². The average molecular weight is 291 g/mol. The lowest BCUT2D eigenvalue weighted by Crippen LogP contribution is -2.40. The zero-order valence-corrected chi connectivity index (χ0v) is 13.0. The molecule has 0 saturated carbocycles. The SMILES string of the molecule is CCC[C@H](N)C(=O)NCc1cccc(NC(=O)C(C)C)c1. The molecule has 1 aromatic carbocycles. The smallest absolute Gasteiger partial charge is 0.237 e. The number of carbonyl (C=O) groups excluding carboxylic acids is 2. The van der Waals surface area contributed by atoms with Crippen LogP contribution in [0.5, 0.6) is 0 Å². The van der Waals surface area contributed by atoms with Crippen LogP contribution in [0.25, 0.3) is 0 Å². The first-order valence-corrected chi connectivity index (χ1v) is 7.37. The number of nitrogens with one attached hydrogen (secondary N) is 2. The van der Waals surface area contributed by atoms with Crippen molar-refractivity contribution in [3.8, 4) is 0 Å². The normalized spacial score (nSPS) is 12.0. The van der Waals surface area contributed by atoms with Crippen LogP contribution in [-0.4, -0.2) is 17.9 Å². The maximum absolute atomic E-state index is 11.8. The second-order valence-electron chi connectivity index (χ2n) is 5.46. The molecule has 116 valence electrons. The molecule has 0 heterocycles. The lowest BCUT2D eigenvalue weighted by atomic mass is 10.1. The molecule has 0 aromatic heterocycles. The summed E-state index contributed by atoms with van der Waals surface area (Å²) in [5.74, 6) is -0.241. The van der Waals surface area contributed by atoms with Crippen molar-refractivity contribution >= 4 is 17.5 Å². The summed E-state index contributed by atoms with van der Waals surface area (Å²) in [7, 11) is 0. The van der Waals surface area contributed by atoms with Crippen LogP contribution in [0.2, 0.25) is 0 Å². The van der Waals surface area contributed by atoms with Crippen LogP contribution in [0, 0.1) is 5.92 Å². The first kappa shape index (κ1) is 17.2. The Morgan fingerprint density at radius 2 is 1.95 bits per heavy atom. The van der Waals surface area contributed by atoms with Gasteiger partial charge in [0, 0.05) is 18.2 Å². The quantitative estimate of drug-likeness (QED) is 0.718. The van der Waals surface area contributed by atoms with Gasteiger partial charge in [0.2, 0.25) is 11.8 Å². The molecule has 1 rings (SSSR count). The molecule has 1 aromatic rings. The van der Waals surface area contributed by atoms with E-state index in [2.05, 4.69) is 10.6 Å². The van der Waals surface area contributed by atoms with Crippen molar-refractivity contribution in [2.24, 2.45) is 11.7 Å². The van der Waals surface area contributed by atoms with Crippen molar-refractivity contribution in [1.29, 1.82) is 0 Å². The first-order chi connectivity index (χ1) is 9.93. The summed E-state index contributed by atoms with van der Waals surface area (Å²) in [4.78, 5) is 23.4. The van der Waals surface area contributed by atoms with Crippen LogP contribution in [-0.2, 0) is 16.1 Å². The molecule has 4 N–H and O–H groups in total. The van der Waals surface area contributed by atoms with Crippen molar-refractivity contribution in [3.05, 3.63) is 29.8 Å². The Balaban J connectivity index is 2.57. The van der Waals surface area contributed by atoms with E-state index >= 15 is 0 Å². The molecule has 0 saturated heterocycles. The van der Waals surface area contributed by atoms with E-state index in [1.807, 2.05) is 45.0 Å². The highest BCUT2D eigenvalue weighted by molar-refractivity contribution is 5.92. The van der Waals surface area contributed by atoms with Crippen LogP contribution in [0.1, 0.15) is 39.2 Å². The van der Waals surface area contributed by atoms with Crippen LogP contribution >= 0.6 is 0 Å². The predicted octanol–water partition coefficient (Wildman–Crippen LogP) is 2.02. The maximum atomic E-state index is 11.8. The van der Waals surface area contributed by atoms with Gasteiger partial charge in [0.25, 0.3) is 0 Å². The van der Waals surface area contributed by atoms with Crippen molar-refractivity contribution in [2.75, 3.05) is 5.32 Å². The Hall–Kier alpha value is -1.88. The van der Waals surface area contributed by atoms with E-state index in [0.717, 1.165) is 17.7 Å². The molecule has 1 atom stereocenters. The van der Waals surface area contributed by atoms with Crippen LogP contribution in [0.15, 0.2) is 24.3 Å². The average Bonchev–Trinajstić information content (AvgIpc) is 2.45. The molecular weight excluding hydrogens is 266 g/mol. The number of carbonyl (C=O) groups is 2. The van der Waals surface area contributed by atoms with Crippen LogP contribution in [0.4, 0.5) is 5.69 Å². The molecule has 5 nitrogen and oxygen atoms in total. The fourth-order valence-electron chi connectivity index (χ4n) is 1.81. The summed E-state index contributed by atoms with van der Waals surface area (Å²) in [6.07, 6.45) is 1.56. The summed E-state index contributed by atoms with van der Waals surface area (Å²) in [5.41, 5.74) is 7.41. The van der Waals surface area contributed by atoms with Crippen molar-refractivity contribution in [1.82, 2.24) is 5.32 Å². The second kappa shape index (κ2) is 8.42. The van der Waals surface area contributed by atoms with Crippen LogP contribution < -0.4 is 16.4 Å². The molecule has 21 heavy (non-hydrogen) atoms. The molecule has 0 fully saturated rings. The highest BCUT2D eigenvalue weighted by atomic mass is 16.2. The minimum absolute atomic E-state index is 0.0267. The van der Waals surface area contributed by atoms with E-state index in [0.29, 0.717) is 13.0 Å². The molecule has 0 aliphatic heterocycles. The lowest BCUT2D eigenvalue weighted by Gasteiger charge is -2.12. The molecule has 0 unspecified atom stereocenters. The van der Waals surface area contributed by atoms with Gasteiger partial charge >= 0.3 is 0 Å². The monoisotopic (exact) mass is 291 g/mol. The molecule has 0 spiro atoms. The van der Waals surface area contributed by atoms with Gasteiger partial charge < -0.3 is 16.4 Å². The van der Waals surface area contributed by atoms with Crippen LogP contribution in [0.3, 0.4) is 0 Å². The lowest BCUT2D eigenvalue weighted by molar-refractivity contribution is -0.122. The molecule has 0 aliphatic rings. The van der Waals surface area contributed by atoms with Gasteiger partial charge in [-0.05, 0) is 24.1 Å². The number of hydrogen-bond acceptors (Lipinski definition) is 3. The summed E-state index contributed by atoms with van der Waals surface area (Å²) >= 11 is 0. The third-order valence-electron chi connectivity index (χ3n) is 3.12. The Morgan fingerprint density at radius 3 is 2.57 bits per heavy atom. The zero-order chi connectivity index (χ0) is 15.8. The first-order valence-electron chi connectivity index (χ1n) is 7.37. The van der Waals surface area contributed by atoms with E-state index in [1.165, 1.54) is 0 Å². The molecule has 0 bridgehead atoms. The summed E-state index contributed by atoms with van der Waals surface area (Å²) in [5, 5.41) is 5.65. The molecule has 0 radical (unpaired) electrons. The van der Waals surface area contributed by atoms with Crippen molar-refractivity contribution in [2.45, 2.75) is 46.2 Å². The van der Waals surface area contributed by atoms with Gasteiger partial charge in [0.15, 0.2) is 0 Å². The Kier molecular flexibility index (Phi) is 6.88. The van der Waals surface area contributed by atoms with Gasteiger partial charge in [0.1, 0.15) is 0 Å². The Bertz CT molecular complexity index is 486. The number of amides is 2. The van der Waals surface area contributed by atoms with E-state index in [-0.39, 0.29) is 17.7 Å². The minimum atomic E-state index is -0.459. The van der Waals surface area contributed by atoms with Gasteiger partial charge in [0.05, 0.1) is 6.04 Å². The summed E-state index contributed by atoms with van der Waals surface area (Å²) in [6.45, 7) is 6.08. The fourth-order valence-corrected chi connectivity index (χ4v) is 1.81. The highest BCUT2D eigenvalue weighted by Gasteiger charge is 2.12. The third kappa shape index (κ3) is 5.95. The zero-order valence-electron chi connectivity index (χ0n) is 13.0. The topological polar surface area (TPSA) is 84.2 Å². The van der Waals surface area contributed by atoms with Gasteiger partial charge in [-0.3, -0.25) is 9.59 Å². The van der Waals surface area contributed by atoms with Gasteiger partial charge in [-0.1, -0.05) is 39.3 Å². The molecule has 2 amide bonds. The molecule has 5 heteroatoms. The Labute approximate surface area is 126 Å². The predicted molar refractivity (Wildman–Crippen MR) is 84.6 cm³/mol. The fraction of sp³-hybridized carbons (Fsp3) is 0.500. The van der Waals surface area contributed by atoms with E-state index in [1.54, 1.807) is 0 Å². The number of benzene rings is 1. The van der Waals surface area contributed by atoms with Gasteiger partial charge in [-0.2, -0.15) is 0 Å². The summed E-state index contributed by atoms with van der Waals surface area (Å²) in [6, 6.07) is 6.97. The number of anilines is 1. The van der Waals surface area contributed by atoms with E-state index in [4.69, 9.17) is 5.73 Å². The van der Waals surface area contributed by atoms with Gasteiger partial charge in [-0.15, -0.1) is 0 Å². The second-order valence-corrected chi connectivity index (χ2v) is 5.46. The van der Waals surface area contributed by atoms with Gasteiger partial charge in [-0.25, -0.2) is 0 Å². The van der Waals surface area contributed by atoms with E-state index in [9.17, 15) is 9.59 Å². The van der Waals surface area contributed by atoms with Crippen molar-refractivity contribution in [3.63, 3.8) is 0 Å². The largest absolute Gasteiger partial charge is 0.351 e. The highest BCUT2D eigenvalue weighted by Crippen LogP contribution is 2.12. The maximum Gasteiger partial charge on any atom is 0.237 e. The number of nitrogens with two attached hydrogens (primary N) is 1. The number of hydrogen-bond donors (Lipinski definition) is 3. The molecule has 0 aliphatic carbocycles. The summed E-state index contributed by atoms with van der Waals surface area (Å²) < 4.78 is 0. The standard InChI is InChI=1S/C16H25N3O2/c1-4-6-14(17)16(21)18-10-12-7-5-8-13(9-12)19-15(20)11(2)3/h5,7-9,11,14H,4,6,10,17H2,1-3H3,(H,18,21)(H,19,20)/t14-/m0/s1. The minimum Gasteiger partial charge on any atom is -0.351 e. The molecular formula is C16H25N3O2. The third-order valence-corrected chi connectivity index (χ3v) is 3.12. The number of rotatable bonds is 7. The Morgan fingerprint density at radius 1 is 1.24 bits per heavy atom. The van der Waals surface area contributed by atoms with E-state index < -0.39 is 6.04 Å².